The predicted octanol–water partition coefficient (Wildman–Crippen LogP) is -0.280. The molecule has 0 bridgehead atoms. The average Bonchev–Trinajstić information content (AvgIpc) is 2.98. The fourth-order valence-electron chi connectivity index (χ4n) is 2.21. The van der Waals surface area contributed by atoms with E-state index in [0.717, 1.165) is 5.82 Å². The van der Waals surface area contributed by atoms with Crippen LogP contribution in [0.3, 0.4) is 0 Å². The van der Waals surface area contributed by atoms with Crippen molar-refractivity contribution in [3.05, 3.63) is 12.2 Å². The van der Waals surface area contributed by atoms with Crippen molar-refractivity contribution >= 4 is 11.8 Å². The summed E-state index contributed by atoms with van der Waals surface area (Å²) in [4.78, 5) is 29.4. The molecular weight excluding hydrogens is 246 g/mol. The molecule has 7 heteroatoms. The lowest BCUT2D eigenvalue weighted by Gasteiger charge is -2.20. The molecule has 2 N–H and O–H groups in total. The highest BCUT2D eigenvalue weighted by atomic mass is 16.2. The number of carbonyl (C=O) groups is 2. The molecule has 19 heavy (non-hydrogen) atoms. The number of rotatable bonds is 5. The Morgan fingerprint density at radius 3 is 3.00 bits per heavy atom. The molecule has 1 unspecified atom stereocenters. The first-order chi connectivity index (χ1) is 9.08. The summed E-state index contributed by atoms with van der Waals surface area (Å²) in [6.45, 7) is 4.94. The predicted molar refractivity (Wildman–Crippen MR) is 68.1 cm³/mol. The number of nitrogens with zero attached hydrogens (tertiary/aromatic N) is 3. The van der Waals surface area contributed by atoms with E-state index in [2.05, 4.69) is 20.5 Å². The van der Waals surface area contributed by atoms with Gasteiger partial charge in [0, 0.05) is 32.0 Å². The zero-order valence-electron chi connectivity index (χ0n) is 11.2. The molecule has 7 nitrogen and oxygen atoms in total. The van der Waals surface area contributed by atoms with E-state index in [1.165, 1.54) is 6.33 Å². The third-order valence-electron chi connectivity index (χ3n) is 3.28. The van der Waals surface area contributed by atoms with E-state index in [1.807, 2.05) is 13.8 Å². The maximum atomic E-state index is 12.0. The molecule has 0 spiro atoms. The van der Waals surface area contributed by atoms with Gasteiger partial charge in [0.2, 0.25) is 11.8 Å². The van der Waals surface area contributed by atoms with Gasteiger partial charge in [0.1, 0.15) is 12.2 Å². The number of carbonyl (C=O) groups excluding carboxylic acids is 2. The van der Waals surface area contributed by atoms with Crippen molar-refractivity contribution in [3.63, 3.8) is 0 Å². The van der Waals surface area contributed by atoms with Gasteiger partial charge in [0.15, 0.2) is 0 Å². The first-order valence-electron chi connectivity index (χ1n) is 6.49. The number of hydrogen-bond acceptors (Lipinski definition) is 4. The second-order valence-corrected chi connectivity index (χ2v) is 5.01. The van der Waals surface area contributed by atoms with Gasteiger partial charge in [-0.05, 0) is 13.8 Å². The van der Waals surface area contributed by atoms with Crippen molar-refractivity contribution in [1.29, 1.82) is 0 Å². The standard InChI is InChI=1S/C12H19N5O2/c1-8(2)17-6-9(5-11(17)18)12(19)13-4-3-10-14-7-15-16-10/h7-9H,3-6H2,1-2H3,(H,13,19)(H,14,15,16). The quantitative estimate of drug-likeness (QED) is 0.766. The maximum Gasteiger partial charge on any atom is 0.225 e. The Bertz CT molecular complexity index is 443. The van der Waals surface area contributed by atoms with Crippen molar-refractivity contribution in [2.24, 2.45) is 5.92 Å². The van der Waals surface area contributed by atoms with Gasteiger partial charge in [-0.2, -0.15) is 5.10 Å². The van der Waals surface area contributed by atoms with E-state index < -0.39 is 0 Å². The molecule has 0 radical (unpaired) electrons. The van der Waals surface area contributed by atoms with E-state index in [4.69, 9.17) is 0 Å². The Balaban J connectivity index is 1.76. The highest BCUT2D eigenvalue weighted by Crippen LogP contribution is 2.19. The summed E-state index contributed by atoms with van der Waals surface area (Å²) in [5.74, 6) is 0.512. The first-order valence-corrected chi connectivity index (χ1v) is 6.49. The second kappa shape index (κ2) is 5.81. The highest BCUT2D eigenvalue weighted by molar-refractivity contribution is 5.89. The van der Waals surface area contributed by atoms with Crippen LogP contribution in [-0.4, -0.2) is 51.0 Å². The molecule has 2 amide bonds. The van der Waals surface area contributed by atoms with Crippen LogP contribution in [0.4, 0.5) is 0 Å². The monoisotopic (exact) mass is 265 g/mol. The maximum absolute atomic E-state index is 12.0. The summed E-state index contributed by atoms with van der Waals surface area (Å²) in [6.07, 6.45) is 2.36. The van der Waals surface area contributed by atoms with Gasteiger partial charge in [0.05, 0.1) is 5.92 Å². The van der Waals surface area contributed by atoms with E-state index >= 15 is 0 Å². The van der Waals surface area contributed by atoms with Gasteiger partial charge in [0.25, 0.3) is 0 Å². The molecule has 1 aliphatic heterocycles. The molecule has 0 saturated carbocycles. The zero-order chi connectivity index (χ0) is 13.8. The topological polar surface area (TPSA) is 91.0 Å². The van der Waals surface area contributed by atoms with Crippen LogP contribution in [0, 0.1) is 5.92 Å². The Morgan fingerprint density at radius 1 is 1.63 bits per heavy atom. The number of likely N-dealkylation sites (tertiary alicyclic amines) is 1. The lowest BCUT2D eigenvalue weighted by atomic mass is 10.1. The van der Waals surface area contributed by atoms with Crippen molar-refractivity contribution < 1.29 is 9.59 Å². The first kappa shape index (κ1) is 13.5. The lowest BCUT2D eigenvalue weighted by molar-refractivity contribution is -0.129. The molecule has 1 fully saturated rings. The van der Waals surface area contributed by atoms with E-state index in [9.17, 15) is 9.59 Å². The van der Waals surface area contributed by atoms with Gasteiger partial charge in [-0.1, -0.05) is 0 Å². The van der Waals surface area contributed by atoms with Gasteiger partial charge in [-0.15, -0.1) is 0 Å². The van der Waals surface area contributed by atoms with E-state index in [-0.39, 0.29) is 23.8 Å². The summed E-state index contributed by atoms with van der Waals surface area (Å²) < 4.78 is 0. The Morgan fingerprint density at radius 2 is 2.42 bits per heavy atom. The fraction of sp³-hybridized carbons (Fsp3) is 0.667. The molecule has 104 valence electrons. The van der Waals surface area contributed by atoms with E-state index in [0.29, 0.717) is 25.9 Å². The third-order valence-corrected chi connectivity index (χ3v) is 3.28. The molecule has 0 aliphatic carbocycles. The molecule has 2 rings (SSSR count). The molecule has 0 aromatic carbocycles. The lowest BCUT2D eigenvalue weighted by Crippen LogP contribution is -2.36. The van der Waals surface area contributed by atoms with Crippen molar-refractivity contribution in [3.8, 4) is 0 Å². The summed E-state index contributed by atoms with van der Waals surface area (Å²) in [5.41, 5.74) is 0. The summed E-state index contributed by atoms with van der Waals surface area (Å²) in [5, 5.41) is 9.31. The largest absolute Gasteiger partial charge is 0.355 e. The number of H-pyrrole nitrogens is 1. The van der Waals surface area contributed by atoms with Crippen LogP contribution in [0.5, 0.6) is 0 Å². The Kier molecular flexibility index (Phi) is 4.13. The molecule has 1 aromatic heterocycles. The molecular formula is C12H19N5O2. The SMILES string of the molecule is CC(C)N1CC(C(=O)NCCc2ncn[nH]2)CC1=O. The number of nitrogens with one attached hydrogen (secondary N) is 2. The van der Waals surface area contributed by atoms with Crippen LogP contribution >= 0.6 is 0 Å². The molecule has 1 saturated heterocycles. The minimum Gasteiger partial charge on any atom is -0.355 e. The summed E-state index contributed by atoms with van der Waals surface area (Å²) >= 11 is 0. The molecule has 2 heterocycles. The fourth-order valence-corrected chi connectivity index (χ4v) is 2.21. The number of hydrogen-bond donors (Lipinski definition) is 2. The normalized spacial score (nSPS) is 19.2. The molecule has 1 atom stereocenters. The van der Waals surface area contributed by atoms with Crippen LogP contribution in [0.2, 0.25) is 0 Å². The van der Waals surface area contributed by atoms with Gasteiger partial charge in [-0.3, -0.25) is 14.7 Å². The van der Waals surface area contributed by atoms with Crippen molar-refractivity contribution in [2.45, 2.75) is 32.7 Å². The summed E-state index contributed by atoms with van der Waals surface area (Å²) in [6, 6.07) is 0.152. The summed E-state index contributed by atoms with van der Waals surface area (Å²) in [7, 11) is 0. The van der Waals surface area contributed by atoms with Crippen LogP contribution < -0.4 is 5.32 Å². The van der Waals surface area contributed by atoms with Crippen molar-refractivity contribution in [2.75, 3.05) is 13.1 Å². The van der Waals surface area contributed by atoms with Gasteiger partial charge in [-0.25, -0.2) is 4.98 Å². The Hall–Kier alpha value is -1.92. The van der Waals surface area contributed by atoms with Gasteiger partial charge >= 0.3 is 0 Å². The number of amides is 2. The second-order valence-electron chi connectivity index (χ2n) is 5.01. The highest BCUT2D eigenvalue weighted by Gasteiger charge is 2.35. The van der Waals surface area contributed by atoms with Crippen LogP contribution in [0.15, 0.2) is 6.33 Å². The smallest absolute Gasteiger partial charge is 0.225 e. The minimum absolute atomic E-state index is 0.0592. The van der Waals surface area contributed by atoms with Crippen LogP contribution in [0.1, 0.15) is 26.1 Å². The van der Waals surface area contributed by atoms with Gasteiger partial charge < -0.3 is 10.2 Å². The minimum atomic E-state index is -0.232. The average molecular weight is 265 g/mol. The Labute approximate surface area is 111 Å². The van der Waals surface area contributed by atoms with Crippen LogP contribution in [-0.2, 0) is 16.0 Å². The van der Waals surface area contributed by atoms with Crippen LogP contribution in [0.25, 0.3) is 0 Å². The number of aromatic nitrogens is 3. The third kappa shape index (κ3) is 3.30. The van der Waals surface area contributed by atoms with Crippen molar-refractivity contribution in [1.82, 2.24) is 25.4 Å². The van der Waals surface area contributed by atoms with E-state index in [1.54, 1.807) is 4.90 Å². The number of aromatic amines is 1. The molecule has 1 aromatic rings. The molecule has 1 aliphatic rings. The zero-order valence-corrected chi connectivity index (χ0v) is 11.2.